The third-order valence-electron chi connectivity index (χ3n) is 11.0. The van der Waals surface area contributed by atoms with Crippen LogP contribution in [0.4, 0.5) is 4.39 Å². The van der Waals surface area contributed by atoms with Gasteiger partial charge in [0, 0.05) is 16.7 Å². The lowest BCUT2D eigenvalue weighted by Crippen LogP contribution is -2.69. The van der Waals surface area contributed by atoms with Crippen LogP contribution < -0.4 is 5.32 Å². The van der Waals surface area contributed by atoms with E-state index in [0.717, 1.165) is 0 Å². The first-order valence-electron chi connectivity index (χ1n) is 15.6. The average molecular weight is 659 g/mol. The number of hydrogen-bond acceptors (Lipinski definition) is 11. The highest BCUT2D eigenvalue weighted by atomic mass is 19.1. The second-order valence-corrected chi connectivity index (χ2v) is 13.4. The summed E-state index contributed by atoms with van der Waals surface area (Å²) in [5, 5.41) is 46.1. The molecule has 14 heteroatoms. The van der Waals surface area contributed by atoms with Gasteiger partial charge >= 0.3 is 5.97 Å². The number of alkyl halides is 1. The van der Waals surface area contributed by atoms with E-state index < -0.39 is 82.0 Å². The van der Waals surface area contributed by atoms with E-state index in [1.165, 1.54) is 25.2 Å². The Labute approximate surface area is 269 Å². The lowest BCUT2D eigenvalue weighted by Gasteiger charge is -2.62. The number of carbonyl (C=O) groups excluding carboxylic acids is 4. The van der Waals surface area contributed by atoms with Crippen molar-refractivity contribution in [3.05, 3.63) is 69.3 Å². The van der Waals surface area contributed by atoms with Gasteiger partial charge in [0.05, 0.1) is 18.6 Å². The molecule has 4 N–H and O–H groups in total. The summed E-state index contributed by atoms with van der Waals surface area (Å²) in [6.45, 7) is 1.52. The van der Waals surface area contributed by atoms with Crippen molar-refractivity contribution in [3.63, 3.8) is 0 Å². The number of hydrogen-bond donors (Lipinski definition) is 4. The molecule has 0 heterocycles. The van der Waals surface area contributed by atoms with Gasteiger partial charge in [0.15, 0.2) is 23.7 Å². The molecule has 254 valence electrons. The van der Waals surface area contributed by atoms with Crippen molar-refractivity contribution in [1.82, 2.24) is 5.32 Å². The summed E-state index contributed by atoms with van der Waals surface area (Å²) in [7, 11) is 0. The van der Waals surface area contributed by atoms with Gasteiger partial charge in [-0.1, -0.05) is 42.8 Å². The Morgan fingerprint density at radius 2 is 1.87 bits per heavy atom. The van der Waals surface area contributed by atoms with Gasteiger partial charge in [-0.15, -0.1) is 10.1 Å². The molecule has 13 nitrogen and oxygen atoms in total. The van der Waals surface area contributed by atoms with E-state index in [9.17, 15) is 44.6 Å². The lowest BCUT2D eigenvalue weighted by atomic mass is 9.44. The minimum absolute atomic E-state index is 0.107. The van der Waals surface area contributed by atoms with Crippen molar-refractivity contribution in [1.29, 1.82) is 0 Å². The van der Waals surface area contributed by atoms with Crippen LogP contribution in [-0.2, 0) is 41.6 Å². The molecule has 0 aliphatic heterocycles. The normalized spacial score (nSPS) is 35.5. The standard InChI is InChI=1S/C33H39FN2O11/c1-30-10-8-22(37)14-21(30)6-7-23-24-15-25(38)33(43,31(24,2)16-26(39)32(23,30)34)27(40)18-46-29(42)17-35-28(41)13-20-5-3-4-19(12-20)9-11-47-36(44)45/h3-5,8,10,12,14,23-26,38-39,43H,6-7,9,11,13,15-18H2,1-2H3,(H,35,41)/t23?,24?,25-,26+,30+,31+,32+,33+/m1/s1. The van der Waals surface area contributed by atoms with Crippen molar-refractivity contribution in [2.45, 2.75) is 75.9 Å². The van der Waals surface area contributed by atoms with Crippen molar-refractivity contribution >= 4 is 23.4 Å². The van der Waals surface area contributed by atoms with Crippen LogP contribution >= 0.6 is 0 Å². The molecule has 0 spiro atoms. The Hall–Kier alpha value is -4.01. The maximum Gasteiger partial charge on any atom is 0.325 e. The number of ketones is 2. The third kappa shape index (κ3) is 5.76. The third-order valence-corrected chi connectivity index (χ3v) is 11.0. The maximum atomic E-state index is 17.3. The number of ether oxygens (including phenoxy) is 1. The zero-order valence-electron chi connectivity index (χ0n) is 26.1. The molecule has 0 radical (unpaired) electrons. The van der Waals surface area contributed by atoms with Gasteiger partial charge in [-0.3, -0.25) is 19.2 Å². The minimum Gasteiger partial charge on any atom is -0.456 e. The number of allylic oxidation sites excluding steroid dienone is 4. The second-order valence-electron chi connectivity index (χ2n) is 13.4. The molecule has 47 heavy (non-hydrogen) atoms. The molecule has 5 rings (SSSR count). The summed E-state index contributed by atoms with van der Waals surface area (Å²) in [5.74, 6) is -4.32. The Morgan fingerprint density at radius 1 is 1.15 bits per heavy atom. The van der Waals surface area contributed by atoms with E-state index in [1.54, 1.807) is 31.2 Å². The first-order valence-corrected chi connectivity index (χ1v) is 15.6. The molecule has 4 aliphatic carbocycles. The van der Waals surface area contributed by atoms with Crippen molar-refractivity contribution in [3.8, 4) is 0 Å². The topological polar surface area (TPSA) is 203 Å². The summed E-state index contributed by atoms with van der Waals surface area (Å²) in [6.07, 6.45) is 1.19. The monoisotopic (exact) mass is 658 g/mol. The van der Waals surface area contributed by atoms with Gasteiger partial charge < -0.3 is 30.2 Å². The Bertz CT molecular complexity index is 1550. The number of nitrogens with zero attached hydrogens (tertiary/aromatic N) is 1. The van der Waals surface area contributed by atoms with Crippen LogP contribution in [0.1, 0.15) is 50.7 Å². The number of nitrogens with one attached hydrogen (secondary N) is 1. The number of aliphatic hydroxyl groups excluding tert-OH is 2. The molecule has 1 aromatic carbocycles. The maximum absolute atomic E-state index is 17.3. The van der Waals surface area contributed by atoms with Crippen LogP contribution in [0, 0.1) is 32.8 Å². The van der Waals surface area contributed by atoms with E-state index >= 15 is 4.39 Å². The lowest BCUT2D eigenvalue weighted by molar-refractivity contribution is -0.757. The molecular formula is C33H39FN2O11. The van der Waals surface area contributed by atoms with E-state index in [0.29, 0.717) is 23.1 Å². The number of carbonyl (C=O) groups is 4. The molecule has 8 atom stereocenters. The van der Waals surface area contributed by atoms with Gasteiger partial charge in [0.2, 0.25) is 11.7 Å². The molecule has 1 aromatic rings. The van der Waals surface area contributed by atoms with Gasteiger partial charge in [0.25, 0.3) is 5.09 Å². The average Bonchev–Trinajstić information content (AvgIpc) is 3.21. The van der Waals surface area contributed by atoms with Gasteiger partial charge in [-0.05, 0) is 68.2 Å². The summed E-state index contributed by atoms with van der Waals surface area (Å²) in [4.78, 5) is 65.0. The van der Waals surface area contributed by atoms with Crippen LogP contribution in [-0.4, -0.2) is 87.1 Å². The number of Topliss-reactive ketones (excluding diaryl/α,β-unsaturated/α-hetero) is 1. The second kappa shape index (κ2) is 12.5. The van der Waals surface area contributed by atoms with E-state index in [2.05, 4.69) is 10.2 Å². The van der Waals surface area contributed by atoms with Crippen LogP contribution in [0.5, 0.6) is 0 Å². The van der Waals surface area contributed by atoms with Crippen molar-refractivity contribution < 1.29 is 53.5 Å². The fraction of sp³-hybridized carbons (Fsp3) is 0.576. The molecule has 0 aromatic heterocycles. The predicted molar refractivity (Wildman–Crippen MR) is 160 cm³/mol. The van der Waals surface area contributed by atoms with E-state index in [1.807, 2.05) is 0 Å². The van der Waals surface area contributed by atoms with Gasteiger partial charge in [0.1, 0.15) is 13.2 Å². The largest absolute Gasteiger partial charge is 0.456 e. The molecule has 1 amide bonds. The van der Waals surface area contributed by atoms with Crippen molar-refractivity contribution in [2.24, 2.45) is 22.7 Å². The smallest absolute Gasteiger partial charge is 0.325 e. The fourth-order valence-corrected chi connectivity index (χ4v) is 8.59. The predicted octanol–water partition coefficient (Wildman–Crippen LogP) is 1.28. The van der Waals surface area contributed by atoms with Crippen LogP contribution in [0.15, 0.2) is 48.1 Å². The molecule has 2 unspecified atom stereocenters. The summed E-state index contributed by atoms with van der Waals surface area (Å²) in [5.41, 5.74) is -5.54. The number of rotatable bonds is 11. The summed E-state index contributed by atoms with van der Waals surface area (Å²) >= 11 is 0. The Kier molecular flexibility index (Phi) is 9.16. The minimum atomic E-state index is -2.45. The number of esters is 1. The number of benzene rings is 1. The van der Waals surface area contributed by atoms with E-state index in [-0.39, 0.29) is 44.5 Å². The quantitative estimate of drug-likeness (QED) is 0.152. The number of amides is 1. The zero-order chi connectivity index (χ0) is 34.4. The molecule has 4 aliphatic rings. The molecular weight excluding hydrogens is 619 g/mol. The van der Waals surface area contributed by atoms with Crippen LogP contribution in [0.2, 0.25) is 0 Å². The van der Waals surface area contributed by atoms with Crippen LogP contribution in [0.3, 0.4) is 0 Å². The highest BCUT2D eigenvalue weighted by molar-refractivity contribution is 6.01. The molecule has 0 saturated heterocycles. The number of halogens is 1. The Balaban J connectivity index is 1.19. The van der Waals surface area contributed by atoms with Crippen LogP contribution in [0.25, 0.3) is 0 Å². The summed E-state index contributed by atoms with van der Waals surface area (Å²) < 4.78 is 22.3. The van der Waals surface area contributed by atoms with Gasteiger partial charge in [-0.25, -0.2) is 4.39 Å². The first kappa shape index (κ1) is 34.3. The van der Waals surface area contributed by atoms with Crippen molar-refractivity contribution in [2.75, 3.05) is 19.8 Å². The SMILES string of the molecule is C[C@]12C=CC(=O)C=C1CCC1C3C[C@@H](O)[C@](O)(C(=O)COC(=O)CNC(=O)Cc4cccc(CCO[N+](=O)[O-])c4)[C@@]3(C)C[C@H](O)[C@@]12F. The van der Waals surface area contributed by atoms with Gasteiger partial charge in [-0.2, -0.15) is 0 Å². The number of fused-ring (bicyclic) bond motifs is 5. The number of aliphatic hydroxyl groups is 3. The fourth-order valence-electron chi connectivity index (χ4n) is 8.59. The molecule has 3 fully saturated rings. The first-order chi connectivity index (χ1) is 22.1. The molecule has 3 saturated carbocycles. The van der Waals surface area contributed by atoms with E-state index in [4.69, 9.17) is 4.74 Å². The Morgan fingerprint density at radius 3 is 2.60 bits per heavy atom. The zero-order valence-corrected chi connectivity index (χ0v) is 26.1. The summed E-state index contributed by atoms with van der Waals surface area (Å²) in [6, 6.07) is 6.74. The highest BCUT2D eigenvalue weighted by Crippen LogP contribution is 2.69. The molecule has 0 bridgehead atoms. The highest BCUT2D eigenvalue weighted by Gasteiger charge is 2.76.